The largest absolute Gasteiger partial charge is 0.506 e. The monoisotopic (exact) mass is 380 g/mol. The summed E-state index contributed by atoms with van der Waals surface area (Å²) in [4.78, 5) is 28.7. The predicted molar refractivity (Wildman–Crippen MR) is 89.7 cm³/mol. The maximum atomic E-state index is 12.2. The molecule has 0 aromatic heterocycles. The highest BCUT2D eigenvalue weighted by molar-refractivity contribution is 8.14. The lowest BCUT2D eigenvalue weighted by atomic mass is 10.0. The topological polar surface area (TPSA) is 97.7 Å². The first-order chi connectivity index (χ1) is 11.1. The van der Waals surface area contributed by atoms with Gasteiger partial charge in [0.1, 0.15) is 23.2 Å². The van der Waals surface area contributed by atoms with E-state index in [4.69, 9.17) is 30.9 Å². The lowest BCUT2D eigenvalue weighted by Crippen LogP contribution is -2.46. The van der Waals surface area contributed by atoms with Crippen LogP contribution in [0, 0.1) is 0 Å². The number of halogens is 1. The Morgan fingerprint density at radius 2 is 2.17 bits per heavy atom. The summed E-state index contributed by atoms with van der Waals surface area (Å²) in [6, 6.07) is -0.523. The van der Waals surface area contributed by atoms with Crippen molar-refractivity contribution < 1.29 is 28.9 Å². The molecule has 136 valence electrons. The Hall–Kier alpha value is -1.19. The van der Waals surface area contributed by atoms with Crippen LogP contribution in [0.5, 0.6) is 0 Å². The van der Waals surface area contributed by atoms with Gasteiger partial charge in [0.2, 0.25) is 0 Å². The van der Waals surface area contributed by atoms with Crippen molar-refractivity contribution in [1.82, 2.24) is 4.90 Å². The molecule has 24 heavy (non-hydrogen) atoms. The highest BCUT2D eigenvalue weighted by atomic mass is 35.5. The number of rotatable bonds is 2. The third kappa shape index (κ3) is 4.67. The van der Waals surface area contributed by atoms with Crippen LogP contribution in [0.15, 0.2) is 4.99 Å². The number of amides is 1. The minimum atomic E-state index is -1.37. The average Bonchev–Trinajstić information content (AvgIpc) is 2.87. The number of alkyl halides is 1. The molecule has 1 fully saturated rings. The van der Waals surface area contributed by atoms with Crippen LogP contribution in [0.4, 0.5) is 9.59 Å². The van der Waals surface area contributed by atoms with Gasteiger partial charge in [0.25, 0.3) is 0 Å². The van der Waals surface area contributed by atoms with Gasteiger partial charge in [-0.1, -0.05) is 11.8 Å². The van der Waals surface area contributed by atoms with Crippen LogP contribution in [0.1, 0.15) is 27.2 Å². The zero-order valence-electron chi connectivity index (χ0n) is 13.9. The van der Waals surface area contributed by atoms with Crippen molar-refractivity contribution >= 4 is 40.8 Å². The van der Waals surface area contributed by atoms with E-state index in [1.165, 1.54) is 16.7 Å². The molecule has 0 aromatic carbocycles. The summed E-state index contributed by atoms with van der Waals surface area (Å²) in [7, 11) is 1.54. The fraction of sp³-hybridized carbons (Fsp3) is 0.786. The highest BCUT2D eigenvalue weighted by Gasteiger charge is 2.46. The average molecular weight is 381 g/mol. The van der Waals surface area contributed by atoms with Crippen LogP contribution in [0.2, 0.25) is 0 Å². The number of hydrogen-bond acceptors (Lipinski definition) is 7. The number of carboxylic acid groups (broad SMARTS) is 1. The van der Waals surface area contributed by atoms with E-state index in [1.807, 2.05) is 0 Å². The molecule has 2 aliphatic rings. The van der Waals surface area contributed by atoms with Crippen molar-refractivity contribution in [3.05, 3.63) is 0 Å². The number of nitrogens with zero attached hydrogens (tertiary/aromatic N) is 2. The summed E-state index contributed by atoms with van der Waals surface area (Å²) in [5.41, 5.74) is -1.08. The molecule has 0 aliphatic carbocycles. The first-order valence-corrected chi connectivity index (χ1v) is 8.84. The van der Waals surface area contributed by atoms with E-state index in [2.05, 4.69) is 4.99 Å². The Morgan fingerprint density at radius 3 is 2.71 bits per heavy atom. The van der Waals surface area contributed by atoms with E-state index in [1.54, 1.807) is 27.8 Å². The van der Waals surface area contributed by atoms with Crippen LogP contribution in [-0.2, 0) is 14.2 Å². The summed E-state index contributed by atoms with van der Waals surface area (Å²) in [6.45, 7) is 5.31. The van der Waals surface area contributed by atoms with Crippen LogP contribution in [0.25, 0.3) is 0 Å². The molecule has 0 unspecified atom stereocenters. The van der Waals surface area contributed by atoms with Crippen LogP contribution >= 0.6 is 23.4 Å². The Balaban J connectivity index is 2.12. The Kier molecular flexibility index (Phi) is 5.87. The molecule has 2 rings (SSSR count). The molecule has 4 atom stereocenters. The molecule has 1 saturated heterocycles. The third-order valence-corrected chi connectivity index (χ3v) is 4.90. The second-order valence-electron chi connectivity index (χ2n) is 6.50. The number of amidine groups is 1. The lowest BCUT2D eigenvalue weighted by Gasteiger charge is -2.34. The number of thioether (sulfide) groups is 1. The number of aliphatic imine (C=N–C) groups is 1. The van der Waals surface area contributed by atoms with Gasteiger partial charge >= 0.3 is 12.2 Å². The molecule has 8 nitrogen and oxygen atoms in total. The smallest absolute Gasteiger partial charge is 0.450 e. The summed E-state index contributed by atoms with van der Waals surface area (Å²) in [5.74, 6) is 0.223. The highest BCUT2D eigenvalue weighted by Crippen LogP contribution is 2.38. The number of ether oxygens (including phenoxy) is 3. The first kappa shape index (κ1) is 19.1. The zero-order valence-corrected chi connectivity index (χ0v) is 15.5. The summed E-state index contributed by atoms with van der Waals surface area (Å²) < 4.78 is 16.0. The van der Waals surface area contributed by atoms with Crippen LogP contribution in [-0.4, -0.2) is 69.6 Å². The molecule has 2 heterocycles. The van der Waals surface area contributed by atoms with Crippen molar-refractivity contribution in [3.8, 4) is 0 Å². The van der Waals surface area contributed by atoms with Gasteiger partial charge in [-0.2, -0.15) is 0 Å². The van der Waals surface area contributed by atoms with Gasteiger partial charge in [-0.25, -0.2) is 9.59 Å². The molecule has 0 bridgehead atoms. The molecule has 2 aliphatic heterocycles. The molecule has 0 radical (unpaired) electrons. The SMILES string of the molecule is CN(C(=O)OC(C)(C)C)C1=N[C@@H]2[C@@H](OC(=O)O)C[C@@H](CCl)O[C@@H]2S1. The molecular formula is C14H21ClN2O6S. The van der Waals surface area contributed by atoms with E-state index in [0.29, 0.717) is 11.6 Å². The Labute approximate surface area is 149 Å². The van der Waals surface area contributed by atoms with E-state index >= 15 is 0 Å². The van der Waals surface area contributed by atoms with Crippen molar-refractivity contribution in [2.75, 3.05) is 12.9 Å². The standard InChI is InChI=1S/C14H21ClN2O6S/c1-14(2,3)23-12(18)17(4)11-16-9-8(22-13(19)20)5-7(6-15)21-10(9)24-11/h7-10H,5-6H2,1-4H3,(H,19,20)/t7-,8-,9+,10+/m0/s1. The van der Waals surface area contributed by atoms with E-state index < -0.39 is 35.4 Å². The van der Waals surface area contributed by atoms with Crippen molar-refractivity contribution in [2.45, 2.75) is 56.5 Å². The van der Waals surface area contributed by atoms with Gasteiger partial charge in [0.05, 0.1) is 6.10 Å². The number of hydrogen-bond donors (Lipinski definition) is 1. The number of carbonyl (C=O) groups is 2. The molecular weight excluding hydrogens is 360 g/mol. The Morgan fingerprint density at radius 1 is 1.50 bits per heavy atom. The first-order valence-electron chi connectivity index (χ1n) is 7.43. The van der Waals surface area contributed by atoms with Gasteiger partial charge in [-0.15, -0.1) is 11.6 Å². The van der Waals surface area contributed by atoms with Gasteiger partial charge in [0.15, 0.2) is 5.17 Å². The molecule has 10 heteroatoms. The predicted octanol–water partition coefficient (Wildman–Crippen LogP) is 2.74. The zero-order chi connectivity index (χ0) is 18.1. The van der Waals surface area contributed by atoms with Crippen molar-refractivity contribution in [1.29, 1.82) is 0 Å². The second-order valence-corrected chi connectivity index (χ2v) is 7.87. The summed E-state index contributed by atoms with van der Waals surface area (Å²) in [6.07, 6.45) is -2.59. The van der Waals surface area contributed by atoms with Crippen LogP contribution in [0.3, 0.4) is 0 Å². The van der Waals surface area contributed by atoms with Gasteiger partial charge in [0, 0.05) is 19.3 Å². The Bertz CT molecular complexity index is 538. The molecule has 1 N–H and O–H groups in total. The normalized spacial score (nSPS) is 29.5. The summed E-state index contributed by atoms with van der Waals surface area (Å²) >= 11 is 7.06. The maximum Gasteiger partial charge on any atom is 0.506 e. The van der Waals surface area contributed by atoms with Crippen molar-refractivity contribution in [2.24, 2.45) is 4.99 Å². The fourth-order valence-electron chi connectivity index (χ4n) is 2.32. The van der Waals surface area contributed by atoms with Gasteiger partial charge in [-0.3, -0.25) is 9.89 Å². The number of carbonyl (C=O) groups excluding carboxylic acids is 1. The third-order valence-electron chi connectivity index (χ3n) is 3.34. The van der Waals surface area contributed by atoms with Crippen LogP contribution < -0.4 is 0 Å². The molecule has 0 spiro atoms. The fourth-order valence-corrected chi connectivity index (χ4v) is 3.73. The van der Waals surface area contributed by atoms with Crippen molar-refractivity contribution in [3.63, 3.8) is 0 Å². The van der Waals surface area contributed by atoms with Gasteiger partial charge in [-0.05, 0) is 20.8 Å². The summed E-state index contributed by atoms with van der Waals surface area (Å²) in [5, 5.41) is 9.30. The van der Waals surface area contributed by atoms with E-state index in [9.17, 15) is 9.59 Å². The maximum absolute atomic E-state index is 12.2. The van der Waals surface area contributed by atoms with E-state index in [-0.39, 0.29) is 12.0 Å². The quantitative estimate of drug-likeness (QED) is 0.581. The molecule has 0 aromatic rings. The molecule has 1 amide bonds. The lowest BCUT2D eigenvalue weighted by molar-refractivity contribution is -0.0726. The second kappa shape index (κ2) is 7.37. The minimum absolute atomic E-state index is 0.223. The van der Waals surface area contributed by atoms with Gasteiger partial charge < -0.3 is 19.3 Å². The minimum Gasteiger partial charge on any atom is -0.450 e. The molecule has 0 saturated carbocycles. The number of fused-ring (bicyclic) bond motifs is 1. The van der Waals surface area contributed by atoms with E-state index in [0.717, 1.165) is 0 Å².